The van der Waals surface area contributed by atoms with E-state index in [0.717, 1.165) is 29.4 Å². The van der Waals surface area contributed by atoms with Gasteiger partial charge in [-0.05, 0) is 29.2 Å². The van der Waals surface area contributed by atoms with Crippen LogP contribution in [0.4, 0.5) is 13.2 Å². The fraction of sp³-hybridized carbons (Fsp3) is 0.333. The summed E-state index contributed by atoms with van der Waals surface area (Å²) in [6.07, 6.45) is -3.82. The van der Waals surface area contributed by atoms with Gasteiger partial charge >= 0.3 is 6.18 Å². The van der Waals surface area contributed by atoms with Gasteiger partial charge in [0.2, 0.25) is 0 Å². The fourth-order valence-electron chi connectivity index (χ4n) is 1.50. The second-order valence-electron chi connectivity index (χ2n) is 3.92. The zero-order chi connectivity index (χ0) is 14.8. The van der Waals surface area contributed by atoms with Crippen molar-refractivity contribution in [3.8, 4) is 0 Å². The molecule has 108 valence electrons. The molecule has 0 aliphatic rings. The normalized spacial score (nSPS) is 11.8. The van der Waals surface area contributed by atoms with Gasteiger partial charge in [0.1, 0.15) is 5.82 Å². The standard InChI is InChI=1S/C12H11F3N2OS2/c1-2-10-16-11(20-17-10)19-9-4-3-7(6-18)5-8(9)12(13,14)15/h3-5,18H,2,6H2,1H3. The van der Waals surface area contributed by atoms with Crippen molar-refractivity contribution in [3.05, 3.63) is 35.2 Å². The maximum atomic E-state index is 13.0. The number of aliphatic hydroxyl groups is 1. The van der Waals surface area contributed by atoms with Crippen LogP contribution in [0.1, 0.15) is 23.9 Å². The number of hydrogen-bond donors (Lipinski definition) is 1. The van der Waals surface area contributed by atoms with E-state index in [4.69, 9.17) is 5.11 Å². The summed E-state index contributed by atoms with van der Waals surface area (Å²) < 4.78 is 43.6. The van der Waals surface area contributed by atoms with Crippen LogP contribution in [0.5, 0.6) is 0 Å². The summed E-state index contributed by atoms with van der Waals surface area (Å²) in [6, 6.07) is 3.79. The molecule has 1 aromatic carbocycles. The van der Waals surface area contributed by atoms with Crippen LogP contribution < -0.4 is 0 Å². The highest BCUT2D eigenvalue weighted by Gasteiger charge is 2.34. The molecule has 1 N–H and O–H groups in total. The van der Waals surface area contributed by atoms with Crippen molar-refractivity contribution >= 4 is 23.3 Å². The van der Waals surface area contributed by atoms with Crippen molar-refractivity contribution in [3.63, 3.8) is 0 Å². The molecule has 2 aromatic rings. The molecule has 1 heterocycles. The van der Waals surface area contributed by atoms with E-state index in [9.17, 15) is 13.2 Å². The van der Waals surface area contributed by atoms with E-state index in [1.165, 1.54) is 12.1 Å². The first kappa shape index (κ1) is 15.3. The molecule has 0 atom stereocenters. The van der Waals surface area contributed by atoms with Gasteiger partial charge in [-0.15, -0.1) is 0 Å². The van der Waals surface area contributed by atoms with Crippen LogP contribution >= 0.6 is 23.3 Å². The van der Waals surface area contributed by atoms with Crippen LogP contribution in [-0.2, 0) is 19.2 Å². The molecule has 0 saturated carbocycles. The van der Waals surface area contributed by atoms with Crippen LogP contribution in [0.2, 0.25) is 0 Å². The average molecular weight is 320 g/mol. The molecule has 0 aliphatic carbocycles. The first-order valence-corrected chi connectivity index (χ1v) is 7.34. The maximum absolute atomic E-state index is 13.0. The van der Waals surface area contributed by atoms with Crippen LogP contribution in [0.25, 0.3) is 0 Å². The highest BCUT2D eigenvalue weighted by atomic mass is 32.2. The molecular formula is C12H11F3N2OS2. The topological polar surface area (TPSA) is 46.0 Å². The summed E-state index contributed by atoms with van der Waals surface area (Å²) in [4.78, 5) is 4.21. The number of aromatic nitrogens is 2. The maximum Gasteiger partial charge on any atom is 0.417 e. The molecule has 1 aromatic heterocycles. The van der Waals surface area contributed by atoms with Crippen LogP contribution in [-0.4, -0.2) is 14.5 Å². The summed E-state index contributed by atoms with van der Waals surface area (Å²) in [5.74, 6) is 0.623. The summed E-state index contributed by atoms with van der Waals surface area (Å²) in [7, 11) is 0. The van der Waals surface area contributed by atoms with Crippen molar-refractivity contribution in [2.75, 3.05) is 0 Å². The van der Waals surface area contributed by atoms with Crippen molar-refractivity contribution in [2.45, 2.75) is 35.4 Å². The zero-order valence-electron chi connectivity index (χ0n) is 10.4. The fourth-order valence-corrected chi connectivity index (χ4v) is 3.29. The highest BCUT2D eigenvalue weighted by molar-refractivity contribution is 8.01. The van der Waals surface area contributed by atoms with E-state index in [2.05, 4.69) is 9.36 Å². The number of rotatable bonds is 4. The minimum Gasteiger partial charge on any atom is -0.392 e. The molecule has 0 radical (unpaired) electrons. The third-order valence-corrected chi connectivity index (χ3v) is 4.36. The van der Waals surface area contributed by atoms with Crippen molar-refractivity contribution < 1.29 is 18.3 Å². The minimum absolute atomic E-state index is 0.0634. The van der Waals surface area contributed by atoms with Gasteiger partial charge in [0.05, 0.1) is 12.2 Å². The lowest BCUT2D eigenvalue weighted by atomic mass is 10.1. The lowest BCUT2D eigenvalue weighted by Gasteiger charge is -2.12. The lowest BCUT2D eigenvalue weighted by molar-refractivity contribution is -0.139. The quantitative estimate of drug-likeness (QED) is 0.931. The Hall–Kier alpha value is -1.12. The summed E-state index contributed by atoms with van der Waals surface area (Å²) in [5, 5.41) is 8.95. The molecule has 20 heavy (non-hydrogen) atoms. The summed E-state index contributed by atoms with van der Waals surface area (Å²) in [6.45, 7) is 1.46. The second-order valence-corrected chi connectivity index (χ2v) is 5.96. The van der Waals surface area contributed by atoms with E-state index in [0.29, 0.717) is 16.6 Å². The van der Waals surface area contributed by atoms with Gasteiger partial charge in [0.15, 0.2) is 4.34 Å². The number of benzene rings is 1. The SMILES string of the molecule is CCc1nsc(Sc2ccc(CO)cc2C(F)(F)F)n1. The van der Waals surface area contributed by atoms with E-state index in [-0.39, 0.29) is 10.5 Å². The number of nitrogens with zero attached hydrogens (tertiary/aromatic N) is 2. The van der Waals surface area contributed by atoms with Gasteiger partial charge in [-0.3, -0.25) is 0 Å². The highest BCUT2D eigenvalue weighted by Crippen LogP contribution is 2.40. The predicted octanol–water partition coefficient (Wildman–Crippen LogP) is 3.76. The summed E-state index contributed by atoms with van der Waals surface area (Å²) in [5.41, 5.74) is -0.532. The van der Waals surface area contributed by atoms with Crippen LogP contribution in [0, 0.1) is 0 Å². The molecule has 0 saturated heterocycles. The monoisotopic (exact) mass is 320 g/mol. The van der Waals surface area contributed by atoms with E-state index in [1.54, 1.807) is 0 Å². The number of halogens is 3. The Kier molecular flexibility index (Phi) is 4.66. The summed E-state index contributed by atoms with van der Waals surface area (Å²) >= 11 is 2.02. The molecule has 0 aliphatic heterocycles. The molecule has 0 unspecified atom stereocenters. The number of alkyl halides is 3. The number of hydrogen-bond acceptors (Lipinski definition) is 5. The molecule has 0 amide bonds. The molecular weight excluding hydrogens is 309 g/mol. The minimum atomic E-state index is -4.47. The number of aliphatic hydroxyl groups excluding tert-OH is 1. The first-order chi connectivity index (χ1) is 9.44. The van der Waals surface area contributed by atoms with Crippen LogP contribution in [0.3, 0.4) is 0 Å². The van der Waals surface area contributed by atoms with Gasteiger partial charge in [0, 0.05) is 11.3 Å². The lowest BCUT2D eigenvalue weighted by Crippen LogP contribution is -2.07. The van der Waals surface area contributed by atoms with Gasteiger partial charge < -0.3 is 5.11 Å². The van der Waals surface area contributed by atoms with E-state index in [1.807, 2.05) is 6.92 Å². The molecule has 0 spiro atoms. The zero-order valence-corrected chi connectivity index (χ0v) is 12.1. The van der Waals surface area contributed by atoms with Crippen molar-refractivity contribution in [1.29, 1.82) is 0 Å². The van der Waals surface area contributed by atoms with Gasteiger partial charge in [-0.1, -0.05) is 24.8 Å². The van der Waals surface area contributed by atoms with E-state index >= 15 is 0 Å². The predicted molar refractivity (Wildman–Crippen MR) is 70.8 cm³/mol. The van der Waals surface area contributed by atoms with Crippen LogP contribution in [0.15, 0.2) is 27.4 Å². The Morgan fingerprint density at radius 3 is 2.65 bits per heavy atom. The van der Waals surface area contributed by atoms with Crippen molar-refractivity contribution in [2.24, 2.45) is 0 Å². The molecule has 0 fully saturated rings. The molecule has 3 nitrogen and oxygen atoms in total. The molecule has 8 heteroatoms. The first-order valence-electron chi connectivity index (χ1n) is 5.75. The van der Waals surface area contributed by atoms with Gasteiger partial charge in [0.25, 0.3) is 0 Å². The average Bonchev–Trinajstić information content (AvgIpc) is 2.85. The molecule has 0 bridgehead atoms. The Morgan fingerprint density at radius 1 is 1.35 bits per heavy atom. The van der Waals surface area contributed by atoms with Gasteiger partial charge in [-0.2, -0.15) is 17.5 Å². The largest absolute Gasteiger partial charge is 0.417 e. The Bertz CT molecular complexity index is 599. The van der Waals surface area contributed by atoms with Crippen molar-refractivity contribution in [1.82, 2.24) is 9.36 Å². The smallest absolute Gasteiger partial charge is 0.392 e. The van der Waals surface area contributed by atoms with E-state index < -0.39 is 18.3 Å². The second kappa shape index (κ2) is 6.11. The third-order valence-electron chi connectivity index (χ3n) is 2.49. The Morgan fingerprint density at radius 2 is 2.10 bits per heavy atom. The molecule has 2 rings (SSSR count). The number of aryl methyl sites for hydroxylation is 1. The van der Waals surface area contributed by atoms with Gasteiger partial charge in [-0.25, -0.2) is 4.98 Å². The Labute approximate surface area is 122 Å². The third kappa shape index (κ3) is 3.50. The Balaban J connectivity index is 2.35.